The fourth-order valence-electron chi connectivity index (χ4n) is 0.830. The standard InChI is InChI=1S/C8F14O2/c9-1(2(10)11)5(15,16)24-6(17,7(18,19)20)8(21,22)23-4(14)3(12)13. The molecule has 0 N–H and O–H groups in total. The molecule has 0 heterocycles. The molecule has 0 amide bonds. The zero-order valence-corrected chi connectivity index (χ0v) is 10.1. The molecule has 1 atom stereocenters. The monoisotopic (exact) mass is 394 g/mol. The summed E-state index contributed by atoms with van der Waals surface area (Å²) in [5, 5.41) is 0. The third-order valence-corrected chi connectivity index (χ3v) is 1.80. The van der Waals surface area contributed by atoms with E-state index in [2.05, 4.69) is 0 Å². The van der Waals surface area contributed by atoms with Crippen molar-refractivity contribution >= 4 is 0 Å². The summed E-state index contributed by atoms with van der Waals surface area (Å²) in [5.41, 5.74) is 0. The summed E-state index contributed by atoms with van der Waals surface area (Å²) in [6.07, 6.45) is -29.0. The third-order valence-electron chi connectivity index (χ3n) is 1.80. The van der Waals surface area contributed by atoms with E-state index in [1.165, 1.54) is 0 Å². The molecule has 0 aromatic rings. The highest BCUT2D eigenvalue weighted by molar-refractivity contribution is 5.02. The molecule has 142 valence electrons. The van der Waals surface area contributed by atoms with Crippen LogP contribution in [-0.4, -0.2) is 24.2 Å². The van der Waals surface area contributed by atoms with Gasteiger partial charge in [-0.25, -0.2) is 0 Å². The van der Waals surface area contributed by atoms with Gasteiger partial charge >= 0.3 is 42.4 Å². The highest BCUT2D eigenvalue weighted by Gasteiger charge is 2.79. The number of alkyl halides is 8. The van der Waals surface area contributed by atoms with Gasteiger partial charge in [0.05, 0.1) is 0 Å². The molecule has 0 saturated carbocycles. The molecular formula is C8F14O2. The zero-order chi connectivity index (χ0) is 19.7. The van der Waals surface area contributed by atoms with Crippen LogP contribution in [0.2, 0.25) is 0 Å². The highest BCUT2D eigenvalue weighted by atomic mass is 19.4. The normalized spacial score (nSPS) is 15.6. The van der Waals surface area contributed by atoms with E-state index in [0.717, 1.165) is 0 Å². The van der Waals surface area contributed by atoms with E-state index >= 15 is 0 Å². The fraction of sp³-hybridized carbons (Fsp3) is 0.500. The summed E-state index contributed by atoms with van der Waals surface area (Å²) in [4.78, 5) is 0. The minimum atomic E-state index is -7.32. The summed E-state index contributed by atoms with van der Waals surface area (Å²) >= 11 is 0. The Labute approximate surface area is 120 Å². The van der Waals surface area contributed by atoms with Gasteiger partial charge in [-0.3, -0.25) is 4.74 Å². The molecule has 0 saturated heterocycles. The van der Waals surface area contributed by atoms with E-state index in [1.54, 1.807) is 4.74 Å². The smallest absolute Gasteiger partial charge is 0.398 e. The average molecular weight is 394 g/mol. The Morgan fingerprint density at radius 3 is 1.33 bits per heavy atom. The molecule has 0 aliphatic carbocycles. The Kier molecular flexibility index (Phi) is 6.16. The summed E-state index contributed by atoms with van der Waals surface area (Å²) < 4.78 is 175. The lowest BCUT2D eigenvalue weighted by Crippen LogP contribution is -2.60. The molecule has 0 aromatic heterocycles. The van der Waals surface area contributed by atoms with Crippen LogP contribution in [0.1, 0.15) is 0 Å². The number of hydrogen-bond donors (Lipinski definition) is 0. The minimum absolute atomic E-state index is 1.71. The van der Waals surface area contributed by atoms with E-state index in [4.69, 9.17) is 0 Å². The minimum Gasteiger partial charge on any atom is -0.398 e. The second-order valence-corrected chi connectivity index (χ2v) is 3.44. The van der Waals surface area contributed by atoms with Gasteiger partial charge < -0.3 is 4.74 Å². The van der Waals surface area contributed by atoms with Crippen LogP contribution in [0.4, 0.5) is 61.5 Å². The van der Waals surface area contributed by atoms with Crippen molar-refractivity contribution in [2.24, 2.45) is 0 Å². The predicted octanol–water partition coefficient (Wildman–Crippen LogP) is 5.55. The van der Waals surface area contributed by atoms with Crippen molar-refractivity contribution in [1.82, 2.24) is 0 Å². The van der Waals surface area contributed by atoms with Gasteiger partial charge in [0.2, 0.25) is 0 Å². The first kappa shape index (κ1) is 22.3. The number of hydrogen-bond acceptors (Lipinski definition) is 2. The largest absolute Gasteiger partial charge is 0.471 e. The average Bonchev–Trinajstić information content (AvgIpc) is 2.34. The second-order valence-electron chi connectivity index (χ2n) is 3.44. The van der Waals surface area contributed by atoms with Gasteiger partial charge in [-0.15, -0.1) is 0 Å². The molecule has 1 unspecified atom stereocenters. The van der Waals surface area contributed by atoms with Gasteiger partial charge in [0.25, 0.3) is 5.83 Å². The van der Waals surface area contributed by atoms with Crippen LogP contribution in [0.5, 0.6) is 0 Å². The first-order valence-electron chi connectivity index (χ1n) is 4.71. The molecule has 0 aromatic carbocycles. The number of halogens is 14. The SMILES string of the molecule is FC(F)=C(F)OC(F)(F)C(F)(OC(F)(F)C(F)=C(F)F)C(F)(F)F. The van der Waals surface area contributed by atoms with Gasteiger partial charge in [-0.1, -0.05) is 0 Å². The van der Waals surface area contributed by atoms with Gasteiger partial charge in [-0.05, 0) is 0 Å². The maximum atomic E-state index is 13.2. The maximum Gasteiger partial charge on any atom is 0.471 e. The predicted molar refractivity (Wildman–Crippen MR) is 42.7 cm³/mol. The topological polar surface area (TPSA) is 18.5 Å². The van der Waals surface area contributed by atoms with Gasteiger partial charge in [0.15, 0.2) is 0 Å². The zero-order valence-electron chi connectivity index (χ0n) is 10.1. The maximum absolute atomic E-state index is 13.2. The van der Waals surface area contributed by atoms with Crippen molar-refractivity contribution < 1.29 is 70.9 Å². The van der Waals surface area contributed by atoms with Crippen LogP contribution < -0.4 is 0 Å². The van der Waals surface area contributed by atoms with Crippen molar-refractivity contribution in [3.63, 3.8) is 0 Å². The second kappa shape index (κ2) is 6.64. The molecule has 0 spiro atoms. The van der Waals surface area contributed by atoms with Crippen molar-refractivity contribution in [2.75, 3.05) is 0 Å². The van der Waals surface area contributed by atoms with Gasteiger partial charge in [0.1, 0.15) is 0 Å². The molecule has 16 heteroatoms. The van der Waals surface area contributed by atoms with Crippen LogP contribution >= 0.6 is 0 Å². The molecule has 0 radical (unpaired) electrons. The van der Waals surface area contributed by atoms with Gasteiger partial charge in [-0.2, -0.15) is 61.5 Å². The Balaban J connectivity index is 6.11. The quantitative estimate of drug-likeness (QED) is 0.435. The lowest BCUT2D eigenvalue weighted by Gasteiger charge is -2.34. The first-order valence-corrected chi connectivity index (χ1v) is 4.71. The Morgan fingerprint density at radius 1 is 0.625 bits per heavy atom. The third kappa shape index (κ3) is 4.41. The Hall–Kier alpha value is -1.74. The van der Waals surface area contributed by atoms with E-state index in [9.17, 15) is 61.5 Å². The van der Waals surface area contributed by atoms with E-state index < -0.39 is 48.2 Å². The Morgan fingerprint density at radius 2 is 1.04 bits per heavy atom. The molecule has 2 nitrogen and oxygen atoms in total. The lowest BCUT2D eigenvalue weighted by atomic mass is 10.2. The highest BCUT2D eigenvalue weighted by Crippen LogP contribution is 2.51. The Bertz CT molecular complexity index is 525. The molecule has 0 aliphatic heterocycles. The lowest BCUT2D eigenvalue weighted by molar-refractivity contribution is -0.493. The van der Waals surface area contributed by atoms with Crippen molar-refractivity contribution in [2.45, 2.75) is 24.2 Å². The van der Waals surface area contributed by atoms with Crippen molar-refractivity contribution in [1.29, 1.82) is 0 Å². The van der Waals surface area contributed by atoms with Gasteiger partial charge in [0, 0.05) is 0 Å². The van der Waals surface area contributed by atoms with Crippen LogP contribution in [-0.2, 0) is 9.47 Å². The molecule has 0 fully saturated rings. The van der Waals surface area contributed by atoms with Crippen LogP contribution in [0.15, 0.2) is 24.0 Å². The summed E-state index contributed by atoms with van der Waals surface area (Å²) in [5.74, 6) is -11.4. The molecule has 0 bridgehead atoms. The first-order chi connectivity index (χ1) is 10.4. The summed E-state index contributed by atoms with van der Waals surface area (Å²) in [6, 6.07) is -3.84. The molecule has 0 aliphatic rings. The van der Waals surface area contributed by atoms with Crippen molar-refractivity contribution in [3.05, 3.63) is 24.0 Å². The number of rotatable bonds is 6. The van der Waals surface area contributed by atoms with Crippen LogP contribution in [0.25, 0.3) is 0 Å². The fourth-order valence-corrected chi connectivity index (χ4v) is 0.830. The van der Waals surface area contributed by atoms with E-state index in [0.29, 0.717) is 0 Å². The summed E-state index contributed by atoms with van der Waals surface area (Å²) in [7, 11) is 0. The molecule has 24 heavy (non-hydrogen) atoms. The molecule has 0 rings (SSSR count). The summed E-state index contributed by atoms with van der Waals surface area (Å²) in [6.45, 7) is 0. The van der Waals surface area contributed by atoms with Crippen LogP contribution in [0.3, 0.4) is 0 Å². The van der Waals surface area contributed by atoms with Crippen LogP contribution in [0, 0.1) is 0 Å². The van der Waals surface area contributed by atoms with E-state index in [1.807, 2.05) is 4.74 Å². The number of ether oxygens (including phenoxy) is 2. The van der Waals surface area contributed by atoms with E-state index in [-0.39, 0.29) is 0 Å². The molecular weight excluding hydrogens is 394 g/mol. The van der Waals surface area contributed by atoms with Crippen molar-refractivity contribution in [3.8, 4) is 0 Å².